The number of hydrogen-bond donors (Lipinski definition) is 3. The van der Waals surface area contributed by atoms with Gasteiger partial charge in [-0.2, -0.15) is 0 Å². The molecule has 1 fully saturated rings. The number of esters is 1. The van der Waals surface area contributed by atoms with E-state index in [-0.39, 0.29) is 11.9 Å². The van der Waals surface area contributed by atoms with E-state index in [1.807, 2.05) is 18.2 Å². The highest BCUT2D eigenvalue weighted by Crippen LogP contribution is 2.20. The van der Waals surface area contributed by atoms with E-state index in [4.69, 9.17) is 4.74 Å². The van der Waals surface area contributed by atoms with E-state index in [2.05, 4.69) is 15.6 Å². The van der Waals surface area contributed by atoms with Crippen LogP contribution in [-0.4, -0.2) is 35.4 Å². The SMILES string of the molecule is O=C(COC(=O)c1c[nH]c2ccccc12)Nc1cccc(C(=O)NC2CC2)c1. The van der Waals surface area contributed by atoms with Crippen LogP contribution in [0.1, 0.15) is 33.6 Å². The number of carbonyl (C=O) groups is 3. The zero-order chi connectivity index (χ0) is 19.5. The lowest BCUT2D eigenvalue weighted by atomic mass is 10.2. The number of anilines is 1. The summed E-state index contributed by atoms with van der Waals surface area (Å²) < 4.78 is 5.12. The number of carbonyl (C=O) groups excluding carboxylic acids is 3. The number of ether oxygens (including phenoxy) is 1. The smallest absolute Gasteiger partial charge is 0.340 e. The molecule has 0 atom stereocenters. The van der Waals surface area contributed by atoms with E-state index in [1.165, 1.54) is 0 Å². The van der Waals surface area contributed by atoms with Crippen LogP contribution in [0.25, 0.3) is 10.9 Å². The normalized spacial score (nSPS) is 13.1. The van der Waals surface area contributed by atoms with Crippen molar-refractivity contribution in [1.29, 1.82) is 0 Å². The summed E-state index contributed by atoms with van der Waals surface area (Å²) in [6.45, 7) is -0.420. The Morgan fingerprint density at radius 3 is 2.71 bits per heavy atom. The molecule has 7 nitrogen and oxygen atoms in total. The maximum absolute atomic E-state index is 12.3. The second-order valence-electron chi connectivity index (χ2n) is 6.70. The number of benzene rings is 2. The highest BCUT2D eigenvalue weighted by Gasteiger charge is 2.23. The second-order valence-corrected chi connectivity index (χ2v) is 6.70. The molecular weight excluding hydrogens is 358 g/mol. The Balaban J connectivity index is 1.34. The Bertz CT molecular complexity index is 1050. The maximum Gasteiger partial charge on any atom is 0.340 e. The van der Waals surface area contributed by atoms with Gasteiger partial charge in [0.05, 0.1) is 5.56 Å². The largest absolute Gasteiger partial charge is 0.452 e. The Kier molecular flexibility index (Phi) is 4.80. The summed E-state index contributed by atoms with van der Waals surface area (Å²) in [4.78, 5) is 39.5. The van der Waals surface area contributed by atoms with Gasteiger partial charge in [0.1, 0.15) is 0 Å². The first-order valence-corrected chi connectivity index (χ1v) is 9.04. The third kappa shape index (κ3) is 4.03. The van der Waals surface area contributed by atoms with E-state index in [9.17, 15) is 14.4 Å². The minimum absolute atomic E-state index is 0.163. The van der Waals surface area contributed by atoms with Crippen molar-refractivity contribution in [3.8, 4) is 0 Å². The fourth-order valence-electron chi connectivity index (χ4n) is 2.88. The van der Waals surface area contributed by atoms with Crippen molar-refractivity contribution in [3.63, 3.8) is 0 Å². The van der Waals surface area contributed by atoms with Gasteiger partial charge in [0.25, 0.3) is 11.8 Å². The van der Waals surface area contributed by atoms with Gasteiger partial charge < -0.3 is 20.4 Å². The number of H-pyrrole nitrogens is 1. The van der Waals surface area contributed by atoms with Crippen LogP contribution in [0.2, 0.25) is 0 Å². The average molecular weight is 377 g/mol. The zero-order valence-corrected chi connectivity index (χ0v) is 15.0. The van der Waals surface area contributed by atoms with Crippen molar-refractivity contribution in [2.75, 3.05) is 11.9 Å². The second kappa shape index (κ2) is 7.56. The molecule has 0 bridgehead atoms. The first-order chi connectivity index (χ1) is 13.6. The van der Waals surface area contributed by atoms with Gasteiger partial charge in [-0.25, -0.2) is 4.79 Å². The van der Waals surface area contributed by atoms with Gasteiger partial charge in [-0.1, -0.05) is 24.3 Å². The predicted octanol–water partition coefficient (Wildman–Crippen LogP) is 2.86. The Morgan fingerprint density at radius 2 is 1.89 bits per heavy atom. The molecule has 1 aliphatic carbocycles. The maximum atomic E-state index is 12.3. The van der Waals surface area contributed by atoms with Gasteiger partial charge >= 0.3 is 5.97 Å². The van der Waals surface area contributed by atoms with E-state index in [1.54, 1.807) is 36.5 Å². The summed E-state index contributed by atoms with van der Waals surface area (Å²) in [6.07, 6.45) is 3.57. The molecule has 7 heteroatoms. The summed E-state index contributed by atoms with van der Waals surface area (Å²) in [7, 11) is 0. The molecule has 2 amide bonds. The van der Waals surface area contributed by atoms with Gasteiger partial charge in [0, 0.05) is 34.4 Å². The fourth-order valence-corrected chi connectivity index (χ4v) is 2.88. The molecule has 0 spiro atoms. The van der Waals surface area contributed by atoms with E-state index < -0.39 is 18.5 Å². The van der Waals surface area contributed by atoms with Crippen LogP contribution in [0.3, 0.4) is 0 Å². The molecular formula is C21H19N3O4. The molecule has 142 valence electrons. The monoisotopic (exact) mass is 377 g/mol. The van der Waals surface area contributed by atoms with E-state index in [0.717, 1.165) is 23.7 Å². The van der Waals surface area contributed by atoms with Gasteiger partial charge in [-0.3, -0.25) is 9.59 Å². The van der Waals surface area contributed by atoms with Crippen molar-refractivity contribution in [1.82, 2.24) is 10.3 Å². The molecule has 0 saturated heterocycles. The van der Waals surface area contributed by atoms with Gasteiger partial charge in [0.2, 0.25) is 0 Å². The lowest BCUT2D eigenvalue weighted by Gasteiger charge is -2.08. The number of amides is 2. The molecule has 3 aromatic rings. The number of rotatable bonds is 6. The highest BCUT2D eigenvalue weighted by atomic mass is 16.5. The van der Waals surface area contributed by atoms with Crippen molar-refractivity contribution in [2.45, 2.75) is 18.9 Å². The summed E-state index contributed by atoms with van der Waals surface area (Å²) in [5, 5.41) is 6.28. The molecule has 28 heavy (non-hydrogen) atoms. The van der Waals surface area contributed by atoms with Crippen molar-refractivity contribution in [2.24, 2.45) is 0 Å². The highest BCUT2D eigenvalue weighted by molar-refractivity contribution is 6.05. The van der Waals surface area contributed by atoms with Gasteiger partial charge in [-0.05, 0) is 37.1 Å². The summed E-state index contributed by atoms with van der Waals surface area (Å²) >= 11 is 0. The number of para-hydroxylation sites is 1. The summed E-state index contributed by atoms with van der Waals surface area (Å²) in [5.41, 5.74) is 2.14. The molecule has 4 rings (SSSR count). The molecule has 0 unspecified atom stereocenters. The molecule has 1 aromatic heterocycles. The van der Waals surface area contributed by atoms with Crippen LogP contribution in [0.15, 0.2) is 54.7 Å². The molecule has 2 aromatic carbocycles. The number of fused-ring (bicyclic) bond motifs is 1. The molecule has 0 aliphatic heterocycles. The molecule has 1 aliphatic rings. The Hall–Kier alpha value is -3.61. The zero-order valence-electron chi connectivity index (χ0n) is 15.0. The fraction of sp³-hybridized carbons (Fsp3) is 0.190. The van der Waals surface area contributed by atoms with E-state index in [0.29, 0.717) is 16.8 Å². The number of nitrogens with one attached hydrogen (secondary N) is 3. The van der Waals surface area contributed by atoms with Gasteiger partial charge in [0.15, 0.2) is 6.61 Å². The van der Waals surface area contributed by atoms with Crippen molar-refractivity contribution < 1.29 is 19.1 Å². The van der Waals surface area contributed by atoms with Crippen LogP contribution in [-0.2, 0) is 9.53 Å². The Morgan fingerprint density at radius 1 is 1.07 bits per heavy atom. The number of aromatic nitrogens is 1. The lowest BCUT2D eigenvalue weighted by molar-refractivity contribution is -0.119. The standard InChI is InChI=1S/C21H19N3O4/c25-19(12-28-21(27)17-11-22-18-7-2-1-6-16(17)18)23-15-5-3-4-13(10-15)20(26)24-14-8-9-14/h1-7,10-11,14,22H,8-9,12H2,(H,23,25)(H,24,26). The van der Waals surface area contributed by atoms with Crippen LogP contribution < -0.4 is 10.6 Å². The third-order valence-corrected chi connectivity index (χ3v) is 4.46. The van der Waals surface area contributed by atoms with Crippen LogP contribution in [0, 0.1) is 0 Å². The minimum Gasteiger partial charge on any atom is -0.452 e. The lowest BCUT2D eigenvalue weighted by Crippen LogP contribution is -2.25. The van der Waals surface area contributed by atoms with Gasteiger partial charge in [-0.15, -0.1) is 0 Å². The molecule has 3 N–H and O–H groups in total. The Labute approximate surface area is 161 Å². The molecule has 1 saturated carbocycles. The topological polar surface area (TPSA) is 100 Å². The first kappa shape index (κ1) is 17.8. The van der Waals surface area contributed by atoms with Crippen LogP contribution in [0.5, 0.6) is 0 Å². The van der Waals surface area contributed by atoms with Crippen LogP contribution >= 0.6 is 0 Å². The third-order valence-electron chi connectivity index (χ3n) is 4.46. The van der Waals surface area contributed by atoms with Crippen molar-refractivity contribution >= 4 is 34.4 Å². The van der Waals surface area contributed by atoms with Crippen LogP contribution in [0.4, 0.5) is 5.69 Å². The number of aromatic amines is 1. The molecule has 0 radical (unpaired) electrons. The summed E-state index contributed by atoms with van der Waals surface area (Å²) in [6, 6.07) is 14.2. The summed E-state index contributed by atoms with van der Waals surface area (Å²) in [5.74, 6) is -1.22. The quantitative estimate of drug-likeness (QED) is 0.575. The number of hydrogen-bond acceptors (Lipinski definition) is 4. The molecule has 1 heterocycles. The first-order valence-electron chi connectivity index (χ1n) is 9.04. The predicted molar refractivity (Wildman–Crippen MR) is 104 cm³/mol. The average Bonchev–Trinajstić information content (AvgIpc) is 3.41. The minimum atomic E-state index is -0.579. The van der Waals surface area contributed by atoms with Crippen molar-refractivity contribution in [3.05, 3.63) is 65.9 Å². The van der Waals surface area contributed by atoms with E-state index >= 15 is 0 Å².